The van der Waals surface area contributed by atoms with Crippen LogP contribution in [0.2, 0.25) is 0 Å². The van der Waals surface area contributed by atoms with E-state index in [9.17, 15) is 0 Å². The van der Waals surface area contributed by atoms with Crippen LogP contribution in [0.1, 0.15) is 0 Å². The molecule has 0 spiro atoms. The molecule has 0 unspecified atom stereocenters. The van der Waals surface area contributed by atoms with Crippen LogP contribution in [0.15, 0.2) is 29.1 Å². The molecule has 0 fully saturated rings. The smallest absolute Gasteiger partial charge is 0.158 e. The molecule has 1 N–H and O–H groups in total. The van der Waals surface area contributed by atoms with E-state index >= 15 is 0 Å². The van der Waals surface area contributed by atoms with Crippen molar-refractivity contribution in [1.29, 1.82) is 0 Å². The molecule has 0 saturated heterocycles. The number of hydrogen-bond donors (Lipinski definition) is 1. The molecule has 0 aliphatic heterocycles. The van der Waals surface area contributed by atoms with Crippen molar-refractivity contribution in [2.45, 2.75) is 0 Å². The Morgan fingerprint density at radius 3 is 3.07 bits per heavy atom. The van der Waals surface area contributed by atoms with Crippen molar-refractivity contribution >= 4 is 45.0 Å². The first kappa shape index (κ1) is 9.29. The summed E-state index contributed by atoms with van der Waals surface area (Å²) in [5.41, 5.74) is 4.77. The van der Waals surface area contributed by atoms with Crippen molar-refractivity contribution < 1.29 is 0 Å². The second-order valence-corrected chi connectivity index (χ2v) is 5.08. The Bertz CT molecular complexity index is 600. The molecule has 0 aliphatic carbocycles. The minimum atomic E-state index is 0.841. The number of aromatic amines is 1. The number of nitrogens with zero attached hydrogens (tertiary/aromatic N) is 2. The van der Waals surface area contributed by atoms with Crippen molar-refractivity contribution in [3.8, 4) is 11.5 Å². The molecule has 0 radical (unpaired) electrons. The largest absolute Gasteiger partial charge is 0.337 e. The average Bonchev–Trinajstić information content (AvgIpc) is 2.84. The van der Waals surface area contributed by atoms with Gasteiger partial charge in [0.1, 0.15) is 5.69 Å². The highest BCUT2D eigenvalue weighted by Gasteiger charge is 2.06. The fourth-order valence-corrected chi connectivity index (χ4v) is 2.46. The third-order valence-electron chi connectivity index (χ3n) is 2.12. The van der Waals surface area contributed by atoms with E-state index in [-0.39, 0.29) is 0 Å². The van der Waals surface area contributed by atoms with Crippen LogP contribution in [0.25, 0.3) is 22.6 Å². The second kappa shape index (κ2) is 3.57. The van der Waals surface area contributed by atoms with Gasteiger partial charge < -0.3 is 4.98 Å². The predicted octanol–water partition coefficient (Wildman–Crippen LogP) is 3.29. The van der Waals surface area contributed by atoms with Crippen molar-refractivity contribution in [2.24, 2.45) is 0 Å². The Labute approximate surface area is 104 Å². The Hall–Kier alpha value is -0.950. The number of benzene rings is 1. The average molecular weight is 327 g/mol. The molecule has 2 aromatic heterocycles. The molecule has 0 amide bonds. The molecule has 0 aliphatic rings. The molecule has 3 rings (SSSR count). The van der Waals surface area contributed by atoms with Gasteiger partial charge in [-0.15, -0.1) is 11.3 Å². The quantitative estimate of drug-likeness (QED) is 0.697. The van der Waals surface area contributed by atoms with E-state index in [2.05, 4.69) is 49.7 Å². The standard InChI is InChI=1S/C10H6IN3S/c11-6-1-2-7-8(3-6)14-10(13-7)9-4-15-5-12-9/h1-5H,(H,13,14). The second-order valence-electron chi connectivity index (χ2n) is 3.12. The first-order valence-electron chi connectivity index (χ1n) is 4.37. The molecule has 1 aromatic carbocycles. The van der Waals surface area contributed by atoms with Gasteiger partial charge in [-0.1, -0.05) is 0 Å². The van der Waals surface area contributed by atoms with Crippen molar-refractivity contribution in [2.75, 3.05) is 0 Å². The van der Waals surface area contributed by atoms with Crippen LogP contribution < -0.4 is 0 Å². The summed E-state index contributed by atoms with van der Waals surface area (Å²) in [7, 11) is 0. The summed E-state index contributed by atoms with van der Waals surface area (Å²) in [4.78, 5) is 12.0. The van der Waals surface area contributed by atoms with E-state index < -0.39 is 0 Å². The van der Waals surface area contributed by atoms with Gasteiger partial charge in [-0.3, -0.25) is 0 Å². The van der Waals surface area contributed by atoms with Crippen molar-refractivity contribution in [1.82, 2.24) is 15.0 Å². The zero-order valence-corrected chi connectivity index (χ0v) is 10.5. The monoisotopic (exact) mass is 327 g/mol. The van der Waals surface area contributed by atoms with Gasteiger partial charge >= 0.3 is 0 Å². The summed E-state index contributed by atoms with van der Waals surface area (Å²) in [5, 5.41) is 1.99. The number of nitrogens with one attached hydrogen (secondary N) is 1. The Kier molecular flexibility index (Phi) is 2.21. The summed E-state index contributed by atoms with van der Waals surface area (Å²) in [6.07, 6.45) is 0. The molecule has 0 saturated carbocycles. The SMILES string of the molecule is Ic1ccc2nc(-c3cscn3)[nH]c2c1. The van der Waals surface area contributed by atoms with Crippen LogP contribution in [-0.2, 0) is 0 Å². The van der Waals surface area contributed by atoms with E-state index in [1.165, 1.54) is 3.57 Å². The number of rotatable bonds is 1. The number of hydrogen-bond acceptors (Lipinski definition) is 3. The first-order chi connectivity index (χ1) is 7.33. The molecular formula is C10H6IN3S. The highest BCUT2D eigenvalue weighted by atomic mass is 127. The molecule has 0 bridgehead atoms. The normalized spacial score (nSPS) is 11.0. The van der Waals surface area contributed by atoms with Gasteiger partial charge in [0, 0.05) is 8.95 Å². The van der Waals surface area contributed by atoms with Gasteiger partial charge in [-0.05, 0) is 40.8 Å². The number of fused-ring (bicyclic) bond motifs is 1. The number of imidazole rings is 1. The Morgan fingerprint density at radius 1 is 1.33 bits per heavy atom. The fraction of sp³-hybridized carbons (Fsp3) is 0. The summed E-state index contributed by atoms with van der Waals surface area (Å²) in [5.74, 6) is 0.841. The van der Waals surface area contributed by atoms with Crippen molar-refractivity contribution in [3.63, 3.8) is 0 Å². The lowest BCUT2D eigenvalue weighted by molar-refractivity contribution is 1.27. The number of H-pyrrole nitrogens is 1. The zero-order chi connectivity index (χ0) is 10.3. The van der Waals surface area contributed by atoms with Gasteiger partial charge in [0.25, 0.3) is 0 Å². The summed E-state index contributed by atoms with van der Waals surface area (Å²) in [6.45, 7) is 0. The third-order valence-corrected chi connectivity index (χ3v) is 3.38. The number of thiazole rings is 1. The van der Waals surface area contributed by atoms with Crippen LogP contribution in [0.5, 0.6) is 0 Å². The molecule has 2 heterocycles. The van der Waals surface area contributed by atoms with Crippen LogP contribution in [0, 0.1) is 3.57 Å². The maximum atomic E-state index is 4.48. The molecule has 3 nitrogen and oxygen atoms in total. The molecule has 3 aromatic rings. The minimum absolute atomic E-state index is 0.841. The Balaban J connectivity index is 2.22. The number of halogens is 1. The zero-order valence-electron chi connectivity index (χ0n) is 7.57. The van der Waals surface area contributed by atoms with Crippen LogP contribution in [0.4, 0.5) is 0 Å². The van der Waals surface area contributed by atoms with Gasteiger partial charge in [0.15, 0.2) is 5.82 Å². The first-order valence-corrected chi connectivity index (χ1v) is 6.39. The topological polar surface area (TPSA) is 41.6 Å². The molecule has 0 atom stereocenters. The summed E-state index contributed by atoms with van der Waals surface area (Å²) >= 11 is 3.86. The van der Waals surface area contributed by atoms with Crippen molar-refractivity contribution in [3.05, 3.63) is 32.7 Å². The van der Waals surface area contributed by atoms with E-state index in [4.69, 9.17) is 0 Å². The maximum absolute atomic E-state index is 4.48. The van der Waals surface area contributed by atoms with E-state index in [1.807, 2.05) is 17.0 Å². The molecule has 5 heteroatoms. The van der Waals surface area contributed by atoms with E-state index in [1.54, 1.807) is 11.3 Å². The number of aromatic nitrogens is 3. The van der Waals surface area contributed by atoms with Gasteiger partial charge in [-0.25, -0.2) is 9.97 Å². The van der Waals surface area contributed by atoms with Gasteiger partial charge in [-0.2, -0.15) is 0 Å². The lowest BCUT2D eigenvalue weighted by Crippen LogP contribution is -1.77. The predicted molar refractivity (Wildman–Crippen MR) is 69.9 cm³/mol. The fourth-order valence-electron chi connectivity index (χ4n) is 1.43. The molecule has 15 heavy (non-hydrogen) atoms. The molecule has 74 valence electrons. The third kappa shape index (κ3) is 1.65. The highest BCUT2D eigenvalue weighted by molar-refractivity contribution is 14.1. The highest BCUT2D eigenvalue weighted by Crippen LogP contribution is 2.21. The van der Waals surface area contributed by atoms with Gasteiger partial charge in [0.05, 0.1) is 16.5 Å². The van der Waals surface area contributed by atoms with E-state index in [0.717, 1.165) is 22.6 Å². The van der Waals surface area contributed by atoms with Gasteiger partial charge in [0.2, 0.25) is 0 Å². The minimum Gasteiger partial charge on any atom is -0.337 e. The summed E-state index contributed by atoms with van der Waals surface area (Å²) < 4.78 is 1.20. The summed E-state index contributed by atoms with van der Waals surface area (Å²) in [6, 6.07) is 6.15. The lowest BCUT2D eigenvalue weighted by atomic mass is 10.3. The molecular weight excluding hydrogens is 321 g/mol. The maximum Gasteiger partial charge on any atom is 0.158 e. The van der Waals surface area contributed by atoms with E-state index in [0.29, 0.717) is 0 Å². The van der Waals surface area contributed by atoms with Crippen LogP contribution in [-0.4, -0.2) is 15.0 Å². The van der Waals surface area contributed by atoms with Crippen LogP contribution >= 0.6 is 33.9 Å². The van der Waals surface area contributed by atoms with Crippen LogP contribution in [0.3, 0.4) is 0 Å². The lowest BCUT2D eigenvalue weighted by Gasteiger charge is -1.87. The Morgan fingerprint density at radius 2 is 2.27 bits per heavy atom.